The molecule has 2 aromatic carbocycles. The molecule has 3 aromatic rings. The first-order chi connectivity index (χ1) is 13.5. The molecule has 0 aliphatic rings. The Balaban J connectivity index is 1.73. The average molecular weight is 414 g/mol. The summed E-state index contributed by atoms with van der Waals surface area (Å²) in [7, 11) is 0. The number of rotatable bonds is 7. The van der Waals surface area contributed by atoms with Crippen LogP contribution >= 0.6 is 22.9 Å². The van der Waals surface area contributed by atoms with Crippen LogP contribution in [0.15, 0.2) is 72.1 Å². The summed E-state index contributed by atoms with van der Waals surface area (Å²) >= 11 is 7.18. The third-order valence-electron chi connectivity index (χ3n) is 3.86. The topological polar surface area (TPSA) is 72.5 Å². The fraction of sp³-hybridized carbons (Fsp3) is 0.0952. The molecule has 0 aliphatic carbocycles. The fourth-order valence-electron chi connectivity index (χ4n) is 2.48. The molecule has 142 valence electrons. The minimum atomic E-state index is -1.13. The SMILES string of the molecule is O=C(CNC(=O)c1cccs1)O[C@H](C(=O)c1ccccc1)c1ccc(Cl)cc1. The van der Waals surface area contributed by atoms with Crippen molar-refractivity contribution < 1.29 is 19.1 Å². The predicted octanol–water partition coefficient (Wildman–Crippen LogP) is 4.30. The molecule has 5 nitrogen and oxygen atoms in total. The van der Waals surface area contributed by atoms with Gasteiger partial charge in [-0.3, -0.25) is 14.4 Å². The number of benzene rings is 2. The van der Waals surface area contributed by atoms with E-state index in [0.29, 0.717) is 21.0 Å². The van der Waals surface area contributed by atoms with E-state index in [4.69, 9.17) is 16.3 Å². The van der Waals surface area contributed by atoms with Crippen molar-refractivity contribution in [3.05, 3.63) is 93.1 Å². The highest BCUT2D eigenvalue weighted by Crippen LogP contribution is 2.24. The molecule has 7 heteroatoms. The van der Waals surface area contributed by atoms with Crippen molar-refractivity contribution in [1.82, 2.24) is 5.32 Å². The van der Waals surface area contributed by atoms with E-state index in [1.54, 1.807) is 72.1 Å². The van der Waals surface area contributed by atoms with E-state index in [-0.39, 0.29) is 18.2 Å². The van der Waals surface area contributed by atoms with Crippen molar-refractivity contribution in [2.24, 2.45) is 0 Å². The van der Waals surface area contributed by atoms with Gasteiger partial charge < -0.3 is 10.1 Å². The molecule has 0 bridgehead atoms. The molecule has 0 spiro atoms. The smallest absolute Gasteiger partial charge is 0.326 e. The molecule has 0 saturated carbocycles. The van der Waals surface area contributed by atoms with Crippen LogP contribution in [0.25, 0.3) is 0 Å². The molecule has 0 saturated heterocycles. The van der Waals surface area contributed by atoms with E-state index in [9.17, 15) is 14.4 Å². The maximum Gasteiger partial charge on any atom is 0.326 e. The van der Waals surface area contributed by atoms with Gasteiger partial charge in [-0.05, 0) is 23.6 Å². The van der Waals surface area contributed by atoms with Gasteiger partial charge >= 0.3 is 5.97 Å². The van der Waals surface area contributed by atoms with E-state index in [2.05, 4.69) is 5.32 Å². The molecule has 0 fully saturated rings. The van der Waals surface area contributed by atoms with Gasteiger partial charge in [-0.2, -0.15) is 0 Å². The summed E-state index contributed by atoms with van der Waals surface area (Å²) in [6.45, 7) is -0.344. The van der Waals surface area contributed by atoms with Gasteiger partial charge in [0, 0.05) is 16.1 Å². The normalized spacial score (nSPS) is 11.5. The molecule has 0 aliphatic heterocycles. The number of nitrogens with one attached hydrogen (secondary N) is 1. The lowest BCUT2D eigenvalue weighted by Crippen LogP contribution is -2.32. The predicted molar refractivity (Wildman–Crippen MR) is 108 cm³/mol. The van der Waals surface area contributed by atoms with Gasteiger partial charge in [0.1, 0.15) is 6.54 Å². The highest BCUT2D eigenvalue weighted by molar-refractivity contribution is 7.12. The molecule has 3 rings (SSSR count). The van der Waals surface area contributed by atoms with Crippen molar-refractivity contribution in [3.63, 3.8) is 0 Å². The van der Waals surface area contributed by atoms with Crippen LogP contribution < -0.4 is 5.32 Å². The lowest BCUT2D eigenvalue weighted by Gasteiger charge is -2.18. The highest BCUT2D eigenvalue weighted by Gasteiger charge is 2.26. The van der Waals surface area contributed by atoms with Gasteiger partial charge in [-0.15, -0.1) is 11.3 Å². The van der Waals surface area contributed by atoms with Gasteiger partial charge in [0.15, 0.2) is 6.10 Å². The molecular weight excluding hydrogens is 398 g/mol. The van der Waals surface area contributed by atoms with E-state index in [0.717, 1.165) is 0 Å². The second-order valence-electron chi connectivity index (χ2n) is 5.81. The third kappa shape index (κ3) is 5.06. The van der Waals surface area contributed by atoms with E-state index in [1.807, 2.05) is 0 Å². The van der Waals surface area contributed by atoms with Crippen LogP contribution in [0.5, 0.6) is 0 Å². The number of halogens is 1. The van der Waals surface area contributed by atoms with Gasteiger partial charge in [0.2, 0.25) is 5.78 Å². The lowest BCUT2D eigenvalue weighted by molar-refractivity contribution is -0.146. The molecule has 1 atom stereocenters. The largest absolute Gasteiger partial charge is 0.448 e. The minimum absolute atomic E-state index is 0.344. The van der Waals surface area contributed by atoms with Crippen molar-refractivity contribution in [2.45, 2.75) is 6.10 Å². The summed E-state index contributed by atoms with van der Waals surface area (Å²) in [4.78, 5) is 37.6. The van der Waals surface area contributed by atoms with Crippen molar-refractivity contribution in [3.8, 4) is 0 Å². The molecule has 1 N–H and O–H groups in total. The molecular formula is C21H16ClNO4S. The Morgan fingerprint density at radius 2 is 1.68 bits per heavy atom. The quantitative estimate of drug-likeness (QED) is 0.463. The first-order valence-electron chi connectivity index (χ1n) is 8.40. The maximum absolute atomic E-state index is 12.9. The summed E-state index contributed by atoms with van der Waals surface area (Å²) in [5.41, 5.74) is 0.911. The fourth-order valence-corrected chi connectivity index (χ4v) is 3.25. The van der Waals surface area contributed by atoms with E-state index >= 15 is 0 Å². The zero-order chi connectivity index (χ0) is 19.9. The standard InChI is InChI=1S/C21H16ClNO4S/c22-16-10-8-15(9-11-16)20(19(25)14-5-2-1-3-6-14)27-18(24)13-23-21(26)17-7-4-12-28-17/h1-12,20H,13H2,(H,23,26)/t20-/m0/s1. The van der Waals surface area contributed by atoms with Crippen molar-refractivity contribution in [2.75, 3.05) is 6.54 Å². The number of hydrogen-bond donors (Lipinski definition) is 1. The number of carbonyl (C=O) groups is 3. The Bertz CT molecular complexity index is 956. The summed E-state index contributed by atoms with van der Waals surface area (Å²) in [6, 6.07) is 18.5. The number of thiophene rings is 1. The first-order valence-corrected chi connectivity index (χ1v) is 9.66. The van der Waals surface area contributed by atoms with Gasteiger partial charge in [0.05, 0.1) is 4.88 Å². The Labute approximate surface area is 170 Å². The van der Waals surface area contributed by atoms with Crippen LogP contribution in [0.1, 0.15) is 31.7 Å². The molecule has 1 aromatic heterocycles. The third-order valence-corrected chi connectivity index (χ3v) is 4.98. The van der Waals surface area contributed by atoms with Gasteiger partial charge in [-0.1, -0.05) is 60.1 Å². The number of carbonyl (C=O) groups excluding carboxylic acids is 3. The number of ketones is 1. The number of esters is 1. The Hall–Kier alpha value is -2.96. The summed E-state index contributed by atoms with van der Waals surface area (Å²) in [6.07, 6.45) is -1.13. The van der Waals surface area contributed by atoms with E-state index < -0.39 is 12.1 Å². The summed E-state index contributed by atoms with van der Waals surface area (Å²) in [5, 5.41) is 4.76. The summed E-state index contributed by atoms with van der Waals surface area (Å²) < 4.78 is 5.42. The lowest BCUT2D eigenvalue weighted by atomic mass is 10.00. The van der Waals surface area contributed by atoms with Gasteiger partial charge in [-0.25, -0.2) is 0 Å². The number of ether oxygens (including phenoxy) is 1. The highest BCUT2D eigenvalue weighted by atomic mass is 35.5. The monoisotopic (exact) mass is 413 g/mol. The number of Topliss-reactive ketones (excluding diaryl/α,β-unsaturated/α-hetero) is 1. The number of hydrogen-bond acceptors (Lipinski definition) is 5. The Kier molecular flexibility index (Phi) is 6.57. The second kappa shape index (κ2) is 9.30. The average Bonchev–Trinajstić information content (AvgIpc) is 3.26. The van der Waals surface area contributed by atoms with Crippen LogP contribution in [-0.4, -0.2) is 24.2 Å². The number of amides is 1. The van der Waals surface area contributed by atoms with Crippen LogP contribution in [-0.2, 0) is 9.53 Å². The van der Waals surface area contributed by atoms with Crippen LogP contribution in [0.2, 0.25) is 5.02 Å². The minimum Gasteiger partial charge on any atom is -0.448 e. The van der Waals surface area contributed by atoms with Crippen LogP contribution in [0.3, 0.4) is 0 Å². The molecule has 0 radical (unpaired) electrons. The maximum atomic E-state index is 12.9. The zero-order valence-corrected chi connectivity index (χ0v) is 16.2. The molecule has 0 unspecified atom stereocenters. The molecule has 28 heavy (non-hydrogen) atoms. The van der Waals surface area contributed by atoms with Crippen molar-refractivity contribution >= 4 is 40.6 Å². The van der Waals surface area contributed by atoms with Crippen molar-refractivity contribution in [1.29, 1.82) is 0 Å². The first kappa shape index (κ1) is 19.8. The van der Waals surface area contributed by atoms with Crippen LogP contribution in [0, 0.1) is 0 Å². The second-order valence-corrected chi connectivity index (χ2v) is 7.20. The summed E-state index contributed by atoms with van der Waals surface area (Å²) in [5.74, 6) is -1.45. The van der Waals surface area contributed by atoms with Gasteiger partial charge in [0.25, 0.3) is 5.91 Å². The Morgan fingerprint density at radius 1 is 0.964 bits per heavy atom. The zero-order valence-electron chi connectivity index (χ0n) is 14.6. The molecule has 1 heterocycles. The van der Waals surface area contributed by atoms with E-state index in [1.165, 1.54) is 11.3 Å². The van der Waals surface area contributed by atoms with Crippen LogP contribution in [0.4, 0.5) is 0 Å². The Morgan fingerprint density at radius 3 is 2.32 bits per heavy atom. The molecule has 1 amide bonds.